The van der Waals surface area contributed by atoms with Crippen molar-refractivity contribution in [3.63, 3.8) is 0 Å². The molecule has 0 aliphatic rings. The third-order valence-corrected chi connectivity index (χ3v) is 2.01. The van der Waals surface area contributed by atoms with Crippen LogP contribution in [0.3, 0.4) is 0 Å². The summed E-state index contributed by atoms with van der Waals surface area (Å²) in [5.74, 6) is -2.18. The van der Waals surface area contributed by atoms with E-state index in [0.717, 1.165) is 0 Å². The van der Waals surface area contributed by atoms with E-state index in [1.807, 2.05) is 0 Å². The summed E-state index contributed by atoms with van der Waals surface area (Å²) in [5, 5.41) is 0. The van der Waals surface area contributed by atoms with Crippen LogP contribution in [0, 0.1) is 0 Å². The second-order valence-corrected chi connectivity index (χ2v) is 3.94. The first-order valence-electron chi connectivity index (χ1n) is 6.58. The molecule has 0 radical (unpaired) electrons. The van der Waals surface area contributed by atoms with Gasteiger partial charge in [-0.05, 0) is 0 Å². The van der Waals surface area contributed by atoms with Crippen LogP contribution in [0.25, 0.3) is 0 Å². The molecule has 0 aliphatic carbocycles. The van der Waals surface area contributed by atoms with Gasteiger partial charge in [-0.2, -0.15) is 13.2 Å². The quantitative estimate of drug-likeness (QED) is 0.295. The van der Waals surface area contributed by atoms with E-state index in [9.17, 15) is 22.8 Å². The van der Waals surface area contributed by atoms with Crippen molar-refractivity contribution < 1.29 is 46.4 Å². The molecule has 0 bridgehead atoms. The van der Waals surface area contributed by atoms with Crippen molar-refractivity contribution in [2.24, 2.45) is 0 Å². The van der Waals surface area contributed by atoms with Gasteiger partial charge in [0.05, 0.1) is 33.0 Å². The summed E-state index contributed by atoms with van der Waals surface area (Å²) in [4.78, 5) is 22.0. The zero-order valence-corrected chi connectivity index (χ0v) is 12.6. The van der Waals surface area contributed by atoms with Gasteiger partial charge < -0.3 is 23.7 Å². The Labute approximate surface area is 131 Å². The van der Waals surface area contributed by atoms with Crippen LogP contribution in [-0.2, 0) is 33.3 Å². The van der Waals surface area contributed by atoms with Crippen LogP contribution in [0.4, 0.5) is 13.2 Å². The van der Waals surface area contributed by atoms with Crippen molar-refractivity contribution >= 4 is 11.9 Å². The number of rotatable bonds is 12. The lowest BCUT2D eigenvalue weighted by Gasteiger charge is -2.06. The molecule has 0 aliphatic heterocycles. The highest BCUT2D eigenvalue weighted by Crippen LogP contribution is 2.14. The number of methoxy groups -OCH3 is 1. The second-order valence-electron chi connectivity index (χ2n) is 3.94. The first-order chi connectivity index (χ1) is 10.8. The predicted octanol–water partition coefficient (Wildman–Crippen LogP) is 0.871. The maximum atomic E-state index is 11.7. The van der Waals surface area contributed by atoms with E-state index in [1.165, 1.54) is 0 Å². The van der Waals surface area contributed by atoms with Crippen LogP contribution in [0.15, 0.2) is 12.2 Å². The lowest BCUT2D eigenvalue weighted by molar-refractivity contribution is -0.182. The first kappa shape index (κ1) is 21.4. The van der Waals surface area contributed by atoms with Gasteiger partial charge in [-0.1, -0.05) is 0 Å². The van der Waals surface area contributed by atoms with Crippen molar-refractivity contribution in [3.8, 4) is 0 Å². The Kier molecular flexibility index (Phi) is 11.9. The molecule has 23 heavy (non-hydrogen) atoms. The van der Waals surface area contributed by atoms with Crippen LogP contribution in [0.5, 0.6) is 0 Å². The highest BCUT2D eigenvalue weighted by Gasteiger charge is 2.29. The maximum Gasteiger partial charge on any atom is 0.422 e. The van der Waals surface area contributed by atoms with E-state index in [1.54, 1.807) is 7.11 Å². The molecular formula is C13H19F3O7. The minimum Gasteiger partial charge on any atom is -0.460 e. The Morgan fingerprint density at radius 1 is 0.826 bits per heavy atom. The van der Waals surface area contributed by atoms with Gasteiger partial charge in [-0.15, -0.1) is 0 Å². The minimum atomic E-state index is -4.62. The van der Waals surface area contributed by atoms with Gasteiger partial charge in [-0.25, -0.2) is 9.59 Å². The van der Waals surface area contributed by atoms with Crippen LogP contribution >= 0.6 is 0 Å². The van der Waals surface area contributed by atoms with E-state index in [-0.39, 0.29) is 13.2 Å². The molecule has 0 saturated heterocycles. The van der Waals surface area contributed by atoms with E-state index < -0.39 is 24.7 Å². The van der Waals surface area contributed by atoms with Crippen LogP contribution in [-0.4, -0.2) is 71.5 Å². The fourth-order valence-corrected chi connectivity index (χ4v) is 1.05. The number of hydrogen-bond donors (Lipinski definition) is 0. The lowest BCUT2D eigenvalue weighted by atomic mass is 10.5. The fourth-order valence-electron chi connectivity index (χ4n) is 1.05. The van der Waals surface area contributed by atoms with Crippen LogP contribution < -0.4 is 0 Å². The molecular weight excluding hydrogens is 325 g/mol. The number of esters is 2. The number of carbonyl (C=O) groups excluding carboxylic acids is 2. The van der Waals surface area contributed by atoms with E-state index >= 15 is 0 Å². The van der Waals surface area contributed by atoms with E-state index in [4.69, 9.17) is 14.2 Å². The number of halogens is 3. The third-order valence-electron chi connectivity index (χ3n) is 2.01. The topological polar surface area (TPSA) is 80.3 Å². The monoisotopic (exact) mass is 344 g/mol. The molecule has 7 nitrogen and oxygen atoms in total. The summed E-state index contributed by atoms with van der Waals surface area (Å²) in [5.41, 5.74) is 0. The molecule has 10 heteroatoms. The number of ether oxygens (including phenoxy) is 5. The minimum absolute atomic E-state index is 0.0706. The van der Waals surface area contributed by atoms with E-state index in [2.05, 4.69) is 9.47 Å². The van der Waals surface area contributed by atoms with Crippen molar-refractivity contribution in [1.82, 2.24) is 0 Å². The van der Waals surface area contributed by atoms with Crippen molar-refractivity contribution in [2.45, 2.75) is 6.18 Å². The zero-order chi connectivity index (χ0) is 17.6. The summed E-state index contributed by atoms with van der Waals surface area (Å²) < 4.78 is 58.7. The molecule has 0 spiro atoms. The molecule has 0 saturated carbocycles. The molecule has 0 unspecified atom stereocenters. The highest BCUT2D eigenvalue weighted by atomic mass is 19.4. The predicted molar refractivity (Wildman–Crippen MR) is 70.6 cm³/mol. The average molecular weight is 344 g/mol. The summed E-state index contributed by atoms with van der Waals surface area (Å²) >= 11 is 0. The van der Waals surface area contributed by atoms with Gasteiger partial charge in [0.15, 0.2) is 6.61 Å². The summed E-state index contributed by atoms with van der Waals surface area (Å²) in [6.45, 7) is -0.0708. The summed E-state index contributed by atoms with van der Waals surface area (Å²) in [6.07, 6.45) is -3.39. The molecule has 0 rings (SSSR count). The lowest BCUT2D eigenvalue weighted by Crippen LogP contribution is -2.19. The van der Waals surface area contributed by atoms with Gasteiger partial charge in [0.25, 0.3) is 0 Å². The van der Waals surface area contributed by atoms with Gasteiger partial charge in [0.2, 0.25) is 0 Å². The zero-order valence-electron chi connectivity index (χ0n) is 12.6. The third kappa shape index (κ3) is 16.5. The van der Waals surface area contributed by atoms with Gasteiger partial charge in [0.1, 0.15) is 6.61 Å². The number of carbonyl (C=O) groups is 2. The Hall–Kier alpha value is -1.65. The van der Waals surface area contributed by atoms with Crippen LogP contribution in [0.2, 0.25) is 0 Å². The Morgan fingerprint density at radius 2 is 1.30 bits per heavy atom. The number of hydrogen-bond acceptors (Lipinski definition) is 7. The van der Waals surface area contributed by atoms with Crippen molar-refractivity contribution in [3.05, 3.63) is 12.2 Å². The molecule has 0 aromatic carbocycles. The largest absolute Gasteiger partial charge is 0.460 e. The normalized spacial score (nSPS) is 11.7. The molecule has 0 aromatic heterocycles. The smallest absolute Gasteiger partial charge is 0.422 e. The Bertz CT molecular complexity index is 369. The van der Waals surface area contributed by atoms with Crippen molar-refractivity contribution in [2.75, 3.05) is 53.4 Å². The molecule has 0 heterocycles. The second kappa shape index (κ2) is 12.9. The van der Waals surface area contributed by atoms with Crippen molar-refractivity contribution in [1.29, 1.82) is 0 Å². The van der Waals surface area contributed by atoms with E-state index in [0.29, 0.717) is 38.6 Å². The number of alkyl halides is 3. The van der Waals surface area contributed by atoms with Gasteiger partial charge in [-0.3, -0.25) is 0 Å². The fraction of sp³-hybridized carbons (Fsp3) is 0.692. The first-order valence-corrected chi connectivity index (χ1v) is 6.58. The maximum absolute atomic E-state index is 11.7. The Balaban J connectivity index is 3.56. The standard InChI is InChI=1S/C13H19F3O7/c1-19-4-5-20-6-7-21-8-9-22-11(17)2-3-12(18)23-10-13(14,15)16/h2-3H,4-10H2,1H3/b3-2+. The Morgan fingerprint density at radius 3 is 1.83 bits per heavy atom. The molecule has 0 aromatic rings. The molecule has 0 amide bonds. The SMILES string of the molecule is COCCOCCOCCOC(=O)/C=C/C(=O)OCC(F)(F)F. The van der Waals surface area contributed by atoms with Gasteiger partial charge >= 0.3 is 18.1 Å². The molecule has 0 fully saturated rings. The van der Waals surface area contributed by atoms with Crippen LogP contribution in [0.1, 0.15) is 0 Å². The summed E-state index contributed by atoms with van der Waals surface area (Å²) in [7, 11) is 1.55. The van der Waals surface area contributed by atoms with Gasteiger partial charge in [0, 0.05) is 19.3 Å². The summed E-state index contributed by atoms with van der Waals surface area (Å²) in [6, 6.07) is 0. The molecule has 0 atom stereocenters. The average Bonchev–Trinajstić information content (AvgIpc) is 2.48. The molecule has 134 valence electrons. The molecule has 0 N–H and O–H groups in total. The highest BCUT2D eigenvalue weighted by molar-refractivity contribution is 5.91.